The second-order valence-corrected chi connectivity index (χ2v) is 9.45. The molecule has 2 aromatic rings. The number of carbonyl (C=O) groups is 2. The van der Waals surface area contributed by atoms with Gasteiger partial charge in [0.25, 0.3) is 0 Å². The van der Waals surface area contributed by atoms with Crippen molar-refractivity contribution in [1.82, 2.24) is 14.5 Å². The Morgan fingerprint density at radius 3 is 2.42 bits per heavy atom. The molecule has 8 nitrogen and oxygen atoms in total. The second kappa shape index (κ2) is 9.93. The highest BCUT2D eigenvalue weighted by Gasteiger charge is 2.24. The Bertz CT molecular complexity index is 1040. The Morgan fingerprint density at radius 2 is 1.81 bits per heavy atom. The molecule has 2 aromatic carbocycles. The second-order valence-electron chi connectivity index (χ2n) is 7.40. The van der Waals surface area contributed by atoms with E-state index in [-0.39, 0.29) is 23.9 Å². The number of hydrogen-bond acceptors (Lipinski definition) is 5. The standard InChI is InChI=1S/C22H27N3O5S/c1-24(31(28,29)20-11-9-19(30-2)10-12-20)16-21(26)23-14-17-6-3-4-7-18(17)15-25-13-5-8-22(25)27/h3-4,6-7,9-12H,5,8,13-16H2,1-2H3,(H,23,26). The first-order chi connectivity index (χ1) is 14.8. The number of ether oxygens (including phenoxy) is 1. The van der Waals surface area contributed by atoms with Crippen LogP contribution in [0.4, 0.5) is 0 Å². The van der Waals surface area contributed by atoms with Crippen molar-refractivity contribution < 1.29 is 22.7 Å². The molecule has 0 spiro atoms. The Balaban J connectivity index is 1.59. The van der Waals surface area contributed by atoms with Gasteiger partial charge in [0, 0.05) is 33.1 Å². The van der Waals surface area contributed by atoms with Crippen LogP contribution in [0, 0.1) is 0 Å². The fourth-order valence-corrected chi connectivity index (χ4v) is 4.55. The molecular formula is C22H27N3O5S. The first-order valence-electron chi connectivity index (χ1n) is 10.0. The van der Waals surface area contributed by atoms with Gasteiger partial charge in [0.2, 0.25) is 21.8 Å². The smallest absolute Gasteiger partial charge is 0.243 e. The number of amides is 2. The minimum absolute atomic E-state index is 0.0872. The van der Waals surface area contributed by atoms with Gasteiger partial charge in [-0.15, -0.1) is 0 Å². The molecule has 0 saturated carbocycles. The summed E-state index contributed by atoms with van der Waals surface area (Å²) in [6.45, 7) is 1.21. The predicted molar refractivity (Wildman–Crippen MR) is 116 cm³/mol. The third-order valence-corrected chi connectivity index (χ3v) is 7.08. The van der Waals surface area contributed by atoms with E-state index in [4.69, 9.17) is 4.74 Å². The Hall–Kier alpha value is -2.91. The third-order valence-electron chi connectivity index (χ3n) is 5.26. The van der Waals surface area contributed by atoms with Gasteiger partial charge in [-0.3, -0.25) is 9.59 Å². The maximum atomic E-state index is 12.7. The van der Waals surface area contributed by atoms with Crippen LogP contribution in [0.25, 0.3) is 0 Å². The molecule has 3 rings (SSSR count). The molecular weight excluding hydrogens is 418 g/mol. The van der Waals surface area contributed by atoms with Gasteiger partial charge in [-0.25, -0.2) is 8.42 Å². The number of hydrogen-bond donors (Lipinski definition) is 1. The Labute approximate surface area is 182 Å². The summed E-state index contributed by atoms with van der Waals surface area (Å²) in [6, 6.07) is 13.6. The summed E-state index contributed by atoms with van der Waals surface area (Å²) >= 11 is 0. The number of benzene rings is 2. The molecule has 0 radical (unpaired) electrons. The van der Waals surface area contributed by atoms with E-state index in [9.17, 15) is 18.0 Å². The van der Waals surface area contributed by atoms with Crippen LogP contribution < -0.4 is 10.1 Å². The van der Waals surface area contributed by atoms with Gasteiger partial charge in [0.15, 0.2) is 0 Å². The monoisotopic (exact) mass is 445 g/mol. The van der Waals surface area contributed by atoms with Gasteiger partial charge in [-0.05, 0) is 41.8 Å². The lowest BCUT2D eigenvalue weighted by Crippen LogP contribution is -2.38. The highest BCUT2D eigenvalue weighted by Crippen LogP contribution is 2.19. The minimum atomic E-state index is -3.80. The van der Waals surface area contributed by atoms with Crippen molar-refractivity contribution in [2.24, 2.45) is 0 Å². The summed E-state index contributed by atoms with van der Waals surface area (Å²) in [4.78, 5) is 26.2. The van der Waals surface area contributed by atoms with Crippen LogP contribution in [0.3, 0.4) is 0 Å². The van der Waals surface area contributed by atoms with E-state index in [1.165, 1.54) is 26.3 Å². The summed E-state index contributed by atoms with van der Waals surface area (Å²) in [7, 11) is -0.931. The zero-order valence-electron chi connectivity index (χ0n) is 17.7. The van der Waals surface area contributed by atoms with E-state index < -0.39 is 15.9 Å². The van der Waals surface area contributed by atoms with Crippen molar-refractivity contribution in [1.29, 1.82) is 0 Å². The molecule has 1 fully saturated rings. The molecule has 1 N–H and O–H groups in total. The van der Waals surface area contributed by atoms with Crippen molar-refractivity contribution in [3.63, 3.8) is 0 Å². The summed E-state index contributed by atoms with van der Waals surface area (Å²) in [5.41, 5.74) is 1.87. The summed E-state index contributed by atoms with van der Waals surface area (Å²) < 4.78 is 31.4. The molecule has 1 aliphatic rings. The van der Waals surface area contributed by atoms with E-state index in [0.717, 1.165) is 28.4 Å². The zero-order valence-corrected chi connectivity index (χ0v) is 18.5. The van der Waals surface area contributed by atoms with Crippen molar-refractivity contribution in [2.45, 2.75) is 30.8 Å². The number of nitrogens with zero attached hydrogens (tertiary/aromatic N) is 2. The quantitative estimate of drug-likeness (QED) is 0.635. The van der Waals surface area contributed by atoms with Crippen LogP contribution in [-0.4, -0.2) is 56.7 Å². The fourth-order valence-electron chi connectivity index (χ4n) is 3.43. The highest BCUT2D eigenvalue weighted by molar-refractivity contribution is 7.89. The molecule has 2 amide bonds. The van der Waals surface area contributed by atoms with Crippen molar-refractivity contribution in [3.8, 4) is 5.75 Å². The molecule has 1 heterocycles. The maximum Gasteiger partial charge on any atom is 0.243 e. The number of likely N-dealkylation sites (N-methyl/N-ethyl adjacent to an activating group) is 1. The molecule has 166 valence electrons. The first kappa shape index (κ1) is 22.8. The van der Waals surface area contributed by atoms with Crippen LogP contribution in [0.15, 0.2) is 53.4 Å². The molecule has 1 saturated heterocycles. The number of likely N-dealkylation sites (tertiary alicyclic amines) is 1. The molecule has 0 unspecified atom stereocenters. The van der Waals surface area contributed by atoms with E-state index in [1.807, 2.05) is 29.2 Å². The topological polar surface area (TPSA) is 96.0 Å². The number of nitrogens with one attached hydrogen (secondary N) is 1. The average Bonchev–Trinajstić information content (AvgIpc) is 3.17. The van der Waals surface area contributed by atoms with Gasteiger partial charge in [-0.1, -0.05) is 24.3 Å². The van der Waals surface area contributed by atoms with Gasteiger partial charge < -0.3 is 15.0 Å². The lowest BCUT2D eigenvalue weighted by Gasteiger charge is -2.19. The van der Waals surface area contributed by atoms with Crippen LogP contribution in [-0.2, 0) is 32.7 Å². The number of rotatable bonds is 9. The lowest BCUT2D eigenvalue weighted by molar-refractivity contribution is -0.128. The first-order valence-corrected chi connectivity index (χ1v) is 11.5. The Morgan fingerprint density at radius 1 is 1.13 bits per heavy atom. The van der Waals surface area contributed by atoms with E-state index in [1.54, 1.807) is 12.1 Å². The van der Waals surface area contributed by atoms with E-state index in [2.05, 4.69) is 5.32 Å². The van der Waals surface area contributed by atoms with Crippen LogP contribution in [0.1, 0.15) is 24.0 Å². The molecule has 1 aliphatic heterocycles. The average molecular weight is 446 g/mol. The molecule has 0 bridgehead atoms. The fraction of sp³-hybridized carbons (Fsp3) is 0.364. The lowest BCUT2D eigenvalue weighted by atomic mass is 10.1. The van der Waals surface area contributed by atoms with Crippen LogP contribution in [0.2, 0.25) is 0 Å². The predicted octanol–water partition coefficient (Wildman–Crippen LogP) is 1.75. The molecule has 9 heteroatoms. The molecule has 0 atom stereocenters. The van der Waals surface area contributed by atoms with E-state index >= 15 is 0 Å². The molecule has 0 aromatic heterocycles. The summed E-state index contributed by atoms with van der Waals surface area (Å²) in [6.07, 6.45) is 1.45. The maximum absolute atomic E-state index is 12.7. The van der Waals surface area contributed by atoms with Gasteiger partial charge in [-0.2, -0.15) is 4.31 Å². The Kier molecular flexibility index (Phi) is 7.29. The third kappa shape index (κ3) is 5.62. The molecule has 0 aliphatic carbocycles. The van der Waals surface area contributed by atoms with Crippen LogP contribution in [0.5, 0.6) is 5.75 Å². The van der Waals surface area contributed by atoms with Crippen molar-refractivity contribution in [2.75, 3.05) is 27.2 Å². The van der Waals surface area contributed by atoms with Gasteiger partial charge in [0.05, 0.1) is 18.6 Å². The zero-order chi connectivity index (χ0) is 22.4. The largest absolute Gasteiger partial charge is 0.497 e. The highest BCUT2D eigenvalue weighted by atomic mass is 32.2. The van der Waals surface area contributed by atoms with Crippen molar-refractivity contribution >= 4 is 21.8 Å². The number of methoxy groups -OCH3 is 1. The number of sulfonamides is 1. The van der Waals surface area contributed by atoms with E-state index in [0.29, 0.717) is 18.7 Å². The summed E-state index contributed by atoms with van der Waals surface area (Å²) in [5.74, 6) is 0.282. The van der Waals surface area contributed by atoms with Gasteiger partial charge >= 0.3 is 0 Å². The SMILES string of the molecule is COc1ccc(S(=O)(=O)N(C)CC(=O)NCc2ccccc2CN2CCCC2=O)cc1. The minimum Gasteiger partial charge on any atom is -0.497 e. The number of carbonyl (C=O) groups excluding carboxylic acids is 2. The van der Waals surface area contributed by atoms with Crippen LogP contribution >= 0.6 is 0 Å². The summed E-state index contributed by atoms with van der Waals surface area (Å²) in [5, 5.41) is 2.78. The molecule has 31 heavy (non-hydrogen) atoms. The normalized spacial score (nSPS) is 14.2. The van der Waals surface area contributed by atoms with Gasteiger partial charge in [0.1, 0.15) is 5.75 Å². The van der Waals surface area contributed by atoms with Crippen molar-refractivity contribution in [3.05, 3.63) is 59.7 Å².